The van der Waals surface area contributed by atoms with E-state index in [1.165, 1.54) is 0 Å². The molecule has 1 amide bonds. The molecule has 23 heavy (non-hydrogen) atoms. The number of sulfone groups is 1. The molecule has 0 unspecified atom stereocenters. The van der Waals surface area contributed by atoms with Crippen molar-refractivity contribution in [2.75, 3.05) is 17.3 Å². The number of nitrogens with one attached hydrogen (secondary N) is 1. The Balaban J connectivity index is 2.11. The van der Waals surface area contributed by atoms with Crippen LogP contribution in [0.15, 0.2) is 30.5 Å². The van der Waals surface area contributed by atoms with Gasteiger partial charge < -0.3 is 5.32 Å². The van der Waals surface area contributed by atoms with Crippen LogP contribution in [0.1, 0.15) is 23.1 Å². The van der Waals surface area contributed by atoms with Crippen LogP contribution in [0.3, 0.4) is 0 Å². The Morgan fingerprint density at radius 1 is 1.30 bits per heavy atom. The van der Waals surface area contributed by atoms with Crippen LogP contribution in [0.5, 0.6) is 0 Å². The van der Waals surface area contributed by atoms with Crippen LogP contribution in [0.25, 0.3) is 0 Å². The Morgan fingerprint density at radius 2 is 2.04 bits per heavy atom. The van der Waals surface area contributed by atoms with E-state index in [1.807, 2.05) is 32.0 Å². The summed E-state index contributed by atoms with van der Waals surface area (Å²) in [6.07, 6.45) is 2.74. The molecule has 6 nitrogen and oxygen atoms in total. The van der Waals surface area contributed by atoms with Gasteiger partial charge in [-0.05, 0) is 19.4 Å². The minimum absolute atomic E-state index is 0.0616. The Bertz CT molecular complexity index is 810. The van der Waals surface area contributed by atoms with E-state index >= 15 is 0 Å². The molecule has 0 aliphatic carbocycles. The predicted octanol–water partition coefficient (Wildman–Crippen LogP) is 1.92. The standard InChI is InChI=1S/C16H21N3O3S/c1-12-5-4-6-14(9-12)11-19-16(13(2)10-17-19)18-15(20)7-8-23(3,21)22/h4-6,9-10H,7-8,11H2,1-3H3,(H,18,20). The van der Waals surface area contributed by atoms with Crippen molar-refractivity contribution in [3.8, 4) is 0 Å². The molecule has 7 heteroatoms. The molecule has 1 N–H and O–H groups in total. The molecule has 0 bridgehead atoms. The van der Waals surface area contributed by atoms with Crippen molar-refractivity contribution in [1.29, 1.82) is 0 Å². The molecule has 0 fully saturated rings. The molecule has 2 rings (SSSR count). The number of aryl methyl sites for hydroxylation is 2. The van der Waals surface area contributed by atoms with Crippen molar-refractivity contribution in [3.63, 3.8) is 0 Å². The number of anilines is 1. The maximum atomic E-state index is 12.0. The molecule has 0 saturated heterocycles. The minimum Gasteiger partial charge on any atom is -0.311 e. The zero-order chi connectivity index (χ0) is 17.0. The second-order valence-electron chi connectivity index (χ2n) is 5.75. The lowest BCUT2D eigenvalue weighted by Gasteiger charge is -2.10. The lowest BCUT2D eigenvalue weighted by Crippen LogP contribution is -2.19. The first-order valence-corrected chi connectivity index (χ1v) is 9.36. The van der Waals surface area contributed by atoms with Gasteiger partial charge in [0.25, 0.3) is 0 Å². The van der Waals surface area contributed by atoms with Crippen LogP contribution in [0, 0.1) is 13.8 Å². The van der Waals surface area contributed by atoms with Gasteiger partial charge >= 0.3 is 0 Å². The van der Waals surface area contributed by atoms with Crippen LogP contribution in [0.2, 0.25) is 0 Å². The number of rotatable bonds is 6. The normalized spacial score (nSPS) is 11.4. The first-order chi connectivity index (χ1) is 10.7. The highest BCUT2D eigenvalue weighted by molar-refractivity contribution is 7.90. The molecule has 2 aromatic rings. The van der Waals surface area contributed by atoms with Crippen LogP contribution in [-0.4, -0.2) is 36.1 Å². The molecule has 0 atom stereocenters. The third kappa shape index (κ3) is 5.21. The van der Waals surface area contributed by atoms with Crippen LogP contribution >= 0.6 is 0 Å². The summed E-state index contributed by atoms with van der Waals surface area (Å²) in [6, 6.07) is 8.06. The zero-order valence-electron chi connectivity index (χ0n) is 13.5. The Morgan fingerprint density at radius 3 is 2.70 bits per heavy atom. The Kier molecular flexibility index (Phi) is 5.20. The van der Waals surface area contributed by atoms with Crippen molar-refractivity contribution in [1.82, 2.24) is 9.78 Å². The van der Waals surface area contributed by atoms with E-state index in [0.29, 0.717) is 12.4 Å². The summed E-state index contributed by atoms with van der Waals surface area (Å²) in [7, 11) is -3.15. The van der Waals surface area contributed by atoms with E-state index in [-0.39, 0.29) is 18.1 Å². The number of carbonyl (C=O) groups excluding carboxylic acids is 1. The minimum atomic E-state index is -3.15. The summed E-state index contributed by atoms with van der Waals surface area (Å²) in [5.74, 6) is 0.110. The van der Waals surface area contributed by atoms with Gasteiger partial charge in [-0.25, -0.2) is 13.1 Å². The number of nitrogens with zero attached hydrogens (tertiary/aromatic N) is 2. The Hall–Kier alpha value is -2.15. The van der Waals surface area contributed by atoms with Gasteiger partial charge in [-0.3, -0.25) is 4.79 Å². The average Bonchev–Trinajstić information content (AvgIpc) is 2.77. The second kappa shape index (κ2) is 6.95. The van der Waals surface area contributed by atoms with Crippen molar-refractivity contribution < 1.29 is 13.2 Å². The highest BCUT2D eigenvalue weighted by Crippen LogP contribution is 2.17. The molecule has 0 aliphatic heterocycles. The first-order valence-electron chi connectivity index (χ1n) is 7.30. The highest BCUT2D eigenvalue weighted by Gasteiger charge is 2.13. The van der Waals surface area contributed by atoms with E-state index in [1.54, 1.807) is 10.9 Å². The van der Waals surface area contributed by atoms with Gasteiger partial charge in [-0.15, -0.1) is 0 Å². The van der Waals surface area contributed by atoms with Gasteiger partial charge in [0.1, 0.15) is 15.7 Å². The first kappa shape index (κ1) is 17.2. The number of amides is 1. The second-order valence-corrected chi connectivity index (χ2v) is 8.01. The SMILES string of the molecule is Cc1cccc(Cn2ncc(C)c2NC(=O)CCS(C)(=O)=O)c1. The molecule has 0 saturated carbocycles. The third-order valence-electron chi connectivity index (χ3n) is 3.39. The van der Waals surface area contributed by atoms with Crippen molar-refractivity contribution in [2.24, 2.45) is 0 Å². The largest absolute Gasteiger partial charge is 0.311 e. The number of hydrogen-bond acceptors (Lipinski definition) is 4. The molecule has 0 radical (unpaired) electrons. The lowest BCUT2D eigenvalue weighted by atomic mass is 10.1. The smallest absolute Gasteiger partial charge is 0.226 e. The highest BCUT2D eigenvalue weighted by atomic mass is 32.2. The molecule has 1 aromatic carbocycles. The third-order valence-corrected chi connectivity index (χ3v) is 4.34. The fourth-order valence-electron chi connectivity index (χ4n) is 2.22. The molecule has 124 valence electrons. The van der Waals surface area contributed by atoms with Gasteiger partial charge in [0, 0.05) is 18.2 Å². The fourth-order valence-corrected chi connectivity index (χ4v) is 2.77. The van der Waals surface area contributed by atoms with Gasteiger partial charge in [-0.1, -0.05) is 29.8 Å². The lowest BCUT2D eigenvalue weighted by molar-refractivity contribution is -0.115. The summed E-state index contributed by atoms with van der Waals surface area (Å²) < 4.78 is 24.0. The van der Waals surface area contributed by atoms with Crippen molar-refractivity contribution in [2.45, 2.75) is 26.8 Å². The van der Waals surface area contributed by atoms with E-state index in [9.17, 15) is 13.2 Å². The molecule has 0 aliphatic rings. The summed E-state index contributed by atoms with van der Waals surface area (Å²) >= 11 is 0. The monoisotopic (exact) mass is 335 g/mol. The molecule has 0 spiro atoms. The summed E-state index contributed by atoms with van der Waals surface area (Å²) in [4.78, 5) is 12.0. The van der Waals surface area contributed by atoms with Crippen LogP contribution in [-0.2, 0) is 21.2 Å². The fraction of sp³-hybridized carbons (Fsp3) is 0.375. The summed E-state index contributed by atoms with van der Waals surface area (Å²) in [6.45, 7) is 4.41. The number of carbonyl (C=O) groups is 1. The van der Waals surface area contributed by atoms with Crippen molar-refractivity contribution >= 4 is 21.6 Å². The quantitative estimate of drug-likeness (QED) is 0.874. The summed E-state index contributed by atoms with van der Waals surface area (Å²) in [5.41, 5.74) is 3.08. The van der Waals surface area contributed by atoms with Gasteiger partial charge in [0.2, 0.25) is 5.91 Å². The van der Waals surface area contributed by atoms with E-state index in [4.69, 9.17) is 0 Å². The molecular weight excluding hydrogens is 314 g/mol. The van der Waals surface area contributed by atoms with Crippen molar-refractivity contribution in [3.05, 3.63) is 47.2 Å². The van der Waals surface area contributed by atoms with Gasteiger partial charge in [0.15, 0.2) is 0 Å². The van der Waals surface area contributed by atoms with E-state index < -0.39 is 9.84 Å². The van der Waals surface area contributed by atoms with Crippen LogP contribution < -0.4 is 5.32 Å². The maximum Gasteiger partial charge on any atom is 0.226 e. The zero-order valence-corrected chi connectivity index (χ0v) is 14.4. The number of benzene rings is 1. The van der Waals surface area contributed by atoms with E-state index in [2.05, 4.69) is 16.5 Å². The molecule has 1 heterocycles. The van der Waals surface area contributed by atoms with Gasteiger partial charge in [0.05, 0.1) is 18.5 Å². The number of hydrogen-bond donors (Lipinski definition) is 1. The van der Waals surface area contributed by atoms with Gasteiger partial charge in [-0.2, -0.15) is 5.10 Å². The van der Waals surface area contributed by atoms with E-state index in [0.717, 1.165) is 22.9 Å². The summed E-state index contributed by atoms with van der Waals surface area (Å²) in [5, 5.41) is 7.05. The Labute approximate surface area is 136 Å². The number of aromatic nitrogens is 2. The molecular formula is C16H21N3O3S. The predicted molar refractivity (Wildman–Crippen MR) is 90.2 cm³/mol. The molecule has 1 aromatic heterocycles. The van der Waals surface area contributed by atoms with Crippen LogP contribution in [0.4, 0.5) is 5.82 Å². The topological polar surface area (TPSA) is 81.1 Å². The average molecular weight is 335 g/mol. The maximum absolute atomic E-state index is 12.0.